The van der Waals surface area contributed by atoms with E-state index in [2.05, 4.69) is 0 Å². The number of nitrogens with zero attached hydrogens (tertiary/aromatic N) is 2. The van der Waals surface area contributed by atoms with Gasteiger partial charge < -0.3 is 42.4 Å². The summed E-state index contributed by atoms with van der Waals surface area (Å²) in [6.07, 6.45) is 5.98. The van der Waals surface area contributed by atoms with Crippen LogP contribution in [0.4, 0.5) is 11.4 Å². The molecule has 2 heterocycles. The van der Waals surface area contributed by atoms with Crippen molar-refractivity contribution in [3.05, 3.63) is 71.5 Å². The van der Waals surface area contributed by atoms with Crippen molar-refractivity contribution >= 4 is 63.5 Å². The Balaban J connectivity index is 1.89. The standard InChI is InChI=1S/C40H56N2O17S4/c1-39(17-8-26-60(45,46)47)32-28-30(62(51,52)53)13-15-34(32)41(19-6-4-5-12-38(43)44)36(39)10-7-11-37-40(2,18-9-27-61(48,49)50)33-29-31(63(54,55)56)14-16-35(33)42(37)20-21-58-24-25-59-23-22-57-3/h7,10-11,13-16,28-29H,4-6,8-9,12,17-27H2,1-3H3,(H4-,43,44,45,46,47,48,49,50,51,52,53,54,55,56)/p-3. The Hall–Kier alpha value is -3.62. The first-order valence-corrected chi connectivity index (χ1v) is 26.0. The molecule has 63 heavy (non-hydrogen) atoms. The van der Waals surface area contributed by atoms with Crippen molar-refractivity contribution in [3.63, 3.8) is 0 Å². The maximum atomic E-state index is 12.3. The molecule has 0 amide bonds. The van der Waals surface area contributed by atoms with Gasteiger partial charge in [-0.3, -0.25) is 4.79 Å². The van der Waals surface area contributed by atoms with Crippen molar-refractivity contribution in [2.24, 2.45) is 0 Å². The van der Waals surface area contributed by atoms with Gasteiger partial charge in [0.25, 0.3) is 0 Å². The maximum Gasteiger partial charge on any atom is 0.303 e. The minimum atomic E-state index is -4.95. The van der Waals surface area contributed by atoms with E-state index in [0.29, 0.717) is 66.4 Å². The number of rotatable bonds is 27. The van der Waals surface area contributed by atoms with Crippen LogP contribution in [0.5, 0.6) is 0 Å². The summed E-state index contributed by atoms with van der Waals surface area (Å²) in [6.45, 7) is 5.21. The first-order valence-electron chi connectivity index (χ1n) is 20.1. The van der Waals surface area contributed by atoms with Gasteiger partial charge in [0, 0.05) is 72.5 Å². The van der Waals surface area contributed by atoms with Gasteiger partial charge in [0.15, 0.2) is 5.71 Å². The van der Waals surface area contributed by atoms with Crippen LogP contribution in [0.2, 0.25) is 0 Å². The third kappa shape index (κ3) is 14.2. The van der Waals surface area contributed by atoms with Gasteiger partial charge in [0.05, 0.1) is 68.5 Å². The zero-order valence-electron chi connectivity index (χ0n) is 35.2. The Morgan fingerprint density at radius 2 is 1.29 bits per heavy atom. The lowest BCUT2D eigenvalue weighted by atomic mass is 9.75. The average molecular weight is 962 g/mol. The fourth-order valence-corrected chi connectivity index (χ4v) is 10.2. The van der Waals surface area contributed by atoms with Crippen molar-refractivity contribution < 1.29 is 80.6 Å². The van der Waals surface area contributed by atoms with E-state index in [-0.39, 0.29) is 65.0 Å². The molecule has 352 valence electrons. The van der Waals surface area contributed by atoms with Crippen LogP contribution in [-0.4, -0.2) is 138 Å². The van der Waals surface area contributed by atoms with Gasteiger partial charge in [0.1, 0.15) is 26.8 Å². The highest BCUT2D eigenvalue weighted by molar-refractivity contribution is 7.86. The zero-order valence-corrected chi connectivity index (χ0v) is 38.5. The van der Waals surface area contributed by atoms with Crippen LogP contribution in [0.25, 0.3) is 0 Å². The summed E-state index contributed by atoms with van der Waals surface area (Å²) in [5.41, 5.74) is 0.309. The van der Waals surface area contributed by atoms with Crippen molar-refractivity contribution in [2.75, 3.05) is 69.6 Å². The molecule has 2 aliphatic rings. The second-order valence-electron chi connectivity index (χ2n) is 15.7. The smallest absolute Gasteiger partial charge is 0.303 e. The number of fused-ring (bicyclic) bond motifs is 2. The van der Waals surface area contributed by atoms with E-state index in [1.54, 1.807) is 32.1 Å². The predicted molar refractivity (Wildman–Crippen MR) is 225 cm³/mol. The fraction of sp³-hybridized carbons (Fsp3) is 0.550. The number of aliphatic carboxylic acids is 1. The summed E-state index contributed by atoms with van der Waals surface area (Å²) >= 11 is 0. The highest BCUT2D eigenvalue weighted by Gasteiger charge is 2.48. The molecule has 0 radical (unpaired) electrons. The van der Waals surface area contributed by atoms with Gasteiger partial charge in [-0.15, -0.1) is 0 Å². The molecule has 0 spiro atoms. The number of allylic oxidation sites excluding steroid dienone is 4. The molecule has 23 heteroatoms. The molecule has 4 rings (SSSR count). The maximum absolute atomic E-state index is 12.3. The normalized spacial score (nSPS) is 20.0. The number of carboxylic acids is 1. The number of hydrogen-bond donors (Lipinski definition) is 1. The van der Waals surface area contributed by atoms with Gasteiger partial charge in [-0.2, -0.15) is 4.58 Å². The van der Waals surface area contributed by atoms with Crippen LogP contribution >= 0.6 is 0 Å². The molecule has 0 saturated heterocycles. The van der Waals surface area contributed by atoms with E-state index in [9.17, 15) is 56.7 Å². The molecule has 2 aromatic rings. The van der Waals surface area contributed by atoms with Gasteiger partial charge in [-0.1, -0.05) is 6.08 Å². The topological polar surface area (TPSA) is 300 Å². The monoisotopic (exact) mass is 961 g/mol. The lowest BCUT2D eigenvalue weighted by Gasteiger charge is -2.31. The van der Waals surface area contributed by atoms with E-state index in [1.807, 2.05) is 9.48 Å². The lowest BCUT2D eigenvalue weighted by molar-refractivity contribution is -0.438. The van der Waals surface area contributed by atoms with Crippen LogP contribution < -0.4 is 4.90 Å². The quantitative estimate of drug-likeness (QED) is 0.0764. The van der Waals surface area contributed by atoms with E-state index in [1.165, 1.54) is 31.4 Å². The van der Waals surface area contributed by atoms with E-state index >= 15 is 0 Å². The molecule has 2 aromatic carbocycles. The lowest BCUT2D eigenvalue weighted by Crippen LogP contribution is -2.32. The third-order valence-corrected chi connectivity index (χ3v) is 14.4. The molecule has 0 aromatic heterocycles. The summed E-state index contributed by atoms with van der Waals surface area (Å²) in [5, 5.41) is 9.17. The van der Waals surface area contributed by atoms with Crippen molar-refractivity contribution in [3.8, 4) is 0 Å². The first kappa shape index (κ1) is 52.0. The molecule has 0 bridgehead atoms. The minimum Gasteiger partial charge on any atom is -0.748 e. The van der Waals surface area contributed by atoms with Gasteiger partial charge in [-0.05, 0) is 94.3 Å². The summed E-state index contributed by atoms with van der Waals surface area (Å²) in [5.74, 6) is -2.44. The van der Waals surface area contributed by atoms with Crippen LogP contribution in [-0.2, 0) is 70.3 Å². The molecule has 0 aliphatic carbocycles. The molecular weight excluding hydrogens is 909 g/mol. The average Bonchev–Trinajstić information content (AvgIpc) is 3.53. The number of carbonyl (C=O) groups is 1. The number of benzene rings is 2. The Labute approximate surface area is 369 Å². The number of hydrogen-bond acceptors (Lipinski definition) is 17. The number of ether oxygens (including phenoxy) is 3. The van der Waals surface area contributed by atoms with E-state index in [4.69, 9.17) is 19.3 Å². The number of methoxy groups -OCH3 is 1. The first-order chi connectivity index (χ1) is 29.3. The fourth-order valence-electron chi connectivity index (χ4n) is 8.16. The molecule has 0 fully saturated rings. The molecule has 2 atom stereocenters. The van der Waals surface area contributed by atoms with Gasteiger partial charge >= 0.3 is 5.97 Å². The van der Waals surface area contributed by atoms with E-state index in [0.717, 1.165) is 12.1 Å². The highest BCUT2D eigenvalue weighted by Crippen LogP contribution is 2.51. The number of carboxylic acid groups (broad SMARTS) is 1. The third-order valence-electron chi connectivity index (χ3n) is 11.2. The Kier molecular flexibility index (Phi) is 17.8. The molecule has 2 unspecified atom stereocenters. The molecule has 19 nitrogen and oxygen atoms in total. The summed E-state index contributed by atoms with van der Waals surface area (Å²) in [4.78, 5) is 12.0. The van der Waals surface area contributed by atoms with E-state index < -0.39 is 78.6 Å². The Morgan fingerprint density at radius 1 is 0.730 bits per heavy atom. The molecular formula is C40H53N2O17S4-3. The second-order valence-corrected chi connectivity index (χ2v) is 21.5. The van der Waals surface area contributed by atoms with Crippen molar-refractivity contribution in [2.45, 2.75) is 85.8 Å². The van der Waals surface area contributed by atoms with Crippen LogP contribution in [0.3, 0.4) is 0 Å². The van der Waals surface area contributed by atoms with Crippen molar-refractivity contribution in [1.82, 2.24) is 0 Å². The zero-order chi connectivity index (χ0) is 46.9. The summed E-state index contributed by atoms with van der Waals surface area (Å²) in [6, 6.07) is 7.67. The van der Waals surface area contributed by atoms with Crippen LogP contribution in [0, 0.1) is 0 Å². The SMILES string of the molecule is COCCOCCOCCN1/C(=C/C=C/C2=[N+](CCCCCC(=O)O)c3ccc(S(=O)(=O)[O-])cc3C2(C)CCCS(=O)(=O)[O-])C(C)(CCCS(=O)(=O)[O-])c2cc(S(=O)(=O)[O-])ccc21. The van der Waals surface area contributed by atoms with Gasteiger partial charge in [-0.25, -0.2) is 33.7 Å². The highest BCUT2D eigenvalue weighted by atomic mass is 32.2. The van der Waals surface area contributed by atoms with Crippen LogP contribution in [0.15, 0.2) is 70.1 Å². The number of unbranched alkanes of at least 4 members (excludes halogenated alkanes) is 2. The minimum absolute atomic E-state index is 0.00646. The van der Waals surface area contributed by atoms with Gasteiger partial charge in [0.2, 0.25) is 5.69 Å². The van der Waals surface area contributed by atoms with Crippen molar-refractivity contribution in [1.29, 1.82) is 0 Å². The molecule has 2 aliphatic heterocycles. The summed E-state index contributed by atoms with van der Waals surface area (Å²) < 4.78 is 162. The Morgan fingerprint density at radius 3 is 1.86 bits per heavy atom. The van der Waals surface area contributed by atoms with Crippen LogP contribution in [0.1, 0.15) is 76.3 Å². The number of anilines is 1. The molecule has 1 N–H and O–H groups in total. The molecule has 0 saturated carbocycles. The largest absolute Gasteiger partial charge is 0.748 e. The summed E-state index contributed by atoms with van der Waals surface area (Å²) in [7, 11) is -17.7. The second kappa shape index (κ2) is 21.6. The predicted octanol–water partition coefficient (Wildman–Crippen LogP) is 3.04. The Bertz CT molecular complexity index is 2520.